The monoisotopic (exact) mass is 484 g/mol. The zero-order chi connectivity index (χ0) is 24.8. The third-order valence-electron chi connectivity index (χ3n) is 11.6. The summed E-state index contributed by atoms with van der Waals surface area (Å²) in [5.74, 6) is 5.41. The lowest BCUT2D eigenvalue weighted by Gasteiger charge is -2.70. The molecule has 8 aliphatic carbocycles. The molecule has 192 valence electrons. The summed E-state index contributed by atoms with van der Waals surface area (Å²) in [6.07, 6.45) is 17.1. The van der Waals surface area contributed by atoms with Crippen molar-refractivity contribution < 1.29 is 10.2 Å². The molecule has 2 aromatic carbocycles. The molecule has 0 unspecified atom stereocenters. The van der Waals surface area contributed by atoms with E-state index in [9.17, 15) is 10.2 Å². The first-order valence-electron chi connectivity index (χ1n) is 14.7. The highest BCUT2D eigenvalue weighted by molar-refractivity contribution is 5.42. The van der Waals surface area contributed by atoms with Crippen molar-refractivity contribution in [2.45, 2.75) is 102 Å². The molecule has 2 N–H and O–H groups in total. The minimum absolute atomic E-state index is 0.198. The number of rotatable bonds is 2. The van der Waals surface area contributed by atoms with E-state index >= 15 is 0 Å². The van der Waals surface area contributed by atoms with Gasteiger partial charge in [-0.15, -0.1) is 0 Å². The van der Waals surface area contributed by atoms with E-state index in [-0.39, 0.29) is 10.8 Å². The van der Waals surface area contributed by atoms with Gasteiger partial charge in [0.15, 0.2) is 0 Å². The van der Waals surface area contributed by atoms with Gasteiger partial charge in [0.25, 0.3) is 0 Å². The van der Waals surface area contributed by atoms with Gasteiger partial charge in [0.2, 0.25) is 0 Å². The first kappa shape index (κ1) is 23.2. The Morgan fingerprint density at radius 2 is 0.778 bits per heavy atom. The van der Waals surface area contributed by atoms with Crippen LogP contribution in [0.2, 0.25) is 0 Å². The van der Waals surface area contributed by atoms with E-state index in [1.54, 1.807) is 38.5 Å². The van der Waals surface area contributed by atoms with Gasteiger partial charge in [-0.3, -0.25) is 0 Å². The third kappa shape index (κ3) is 3.81. The van der Waals surface area contributed by atoms with Crippen molar-refractivity contribution in [2.75, 3.05) is 0 Å². The molecule has 8 bridgehead atoms. The van der Waals surface area contributed by atoms with Crippen LogP contribution in [-0.4, -0.2) is 10.2 Å². The molecule has 0 amide bonds. The molecule has 0 aromatic heterocycles. The lowest BCUT2D eigenvalue weighted by molar-refractivity contribution is -0.126. The Bertz CT molecular complexity index is 987. The molecule has 8 fully saturated rings. The van der Waals surface area contributed by atoms with Crippen molar-refractivity contribution in [3.63, 3.8) is 0 Å². The van der Waals surface area contributed by atoms with E-state index in [1.165, 1.54) is 73.3 Å². The molecular formula is C34H44O2. The van der Waals surface area contributed by atoms with E-state index in [2.05, 4.69) is 38.1 Å². The standard InChI is InChI=1S/C24H28O2.C10H16/c1-21-11-22(2)14-23(12-21,17-3-7-19(25)8-4-17)16-24(13-21,15-22)18-5-9-20(26)10-6-18;1-7-2-9-4-8(1)5-10(3-7)6-9/h3-10,25-26H,11-16H2,1-2H3;7-10H,1-6H2. The van der Waals surface area contributed by atoms with Gasteiger partial charge in [-0.05, 0) is 158 Å². The predicted molar refractivity (Wildman–Crippen MR) is 145 cm³/mol. The quantitative estimate of drug-likeness (QED) is 0.448. The van der Waals surface area contributed by atoms with Crippen LogP contribution in [0.15, 0.2) is 48.5 Å². The summed E-state index contributed by atoms with van der Waals surface area (Å²) in [4.78, 5) is 0. The average Bonchev–Trinajstić information content (AvgIpc) is 2.77. The highest BCUT2D eigenvalue weighted by atomic mass is 16.3. The fourth-order valence-corrected chi connectivity index (χ4v) is 11.9. The Morgan fingerprint density at radius 3 is 1.08 bits per heavy atom. The molecule has 0 spiro atoms. The van der Waals surface area contributed by atoms with Gasteiger partial charge < -0.3 is 10.2 Å². The van der Waals surface area contributed by atoms with Crippen LogP contribution in [0.25, 0.3) is 0 Å². The van der Waals surface area contributed by atoms with Crippen molar-refractivity contribution >= 4 is 0 Å². The lowest BCUT2D eigenvalue weighted by Crippen LogP contribution is -2.62. The van der Waals surface area contributed by atoms with Crippen LogP contribution < -0.4 is 0 Å². The van der Waals surface area contributed by atoms with Crippen LogP contribution in [0.5, 0.6) is 11.5 Å². The summed E-state index contributed by atoms with van der Waals surface area (Å²) in [6, 6.07) is 16.0. The van der Waals surface area contributed by atoms with Gasteiger partial charge in [-0.2, -0.15) is 0 Å². The molecule has 0 aliphatic heterocycles. The fourth-order valence-electron chi connectivity index (χ4n) is 11.9. The lowest BCUT2D eigenvalue weighted by atomic mass is 9.34. The molecule has 8 aliphatic rings. The highest BCUT2D eigenvalue weighted by Crippen LogP contribution is 2.74. The molecule has 0 heterocycles. The molecule has 0 atom stereocenters. The number of phenols is 2. The molecular weight excluding hydrogens is 440 g/mol. The van der Waals surface area contributed by atoms with Gasteiger partial charge in [-0.1, -0.05) is 38.1 Å². The maximum atomic E-state index is 9.77. The molecule has 36 heavy (non-hydrogen) atoms. The highest BCUT2D eigenvalue weighted by Gasteiger charge is 2.66. The van der Waals surface area contributed by atoms with Crippen LogP contribution >= 0.6 is 0 Å². The summed E-state index contributed by atoms with van der Waals surface area (Å²) in [7, 11) is 0. The Hall–Kier alpha value is -1.96. The number of hydrogen-bond acceptors (Lipinski definition) is 2. The number of aromatic hydroxyl groups is 2. The van der Waals surface area contributed by atoms with E-state index in [4.69, 9.17) is 0 Å². The molecule has 2 heteroatoms. The summed E-state index contributed by atoms with van der Waals surface area (Å²) >= 11 is 0. The van der Waals surface area contributed by atoms with Crippen LogP contribution in [0.3, 0.4) is 0 Å². The Kier molecular flexibility index (Phi) is 5.01. The summed E-state index contributed by atoms with van der Waals surface area (Å²) in [5.41, 5.74) is 3.91. The van der Waals surface area contributed by atoms with Gasteiger partial charge in [0.1, 0.15) is 11.5 Å². The number of phenolic OH excluding ortho intramolecular Hbond substituents is 2. The second-order valence-corrected chi connectivity index (χ2v) is 15.2. The van der Waals surface area contributed by atoms with Gasteiger partial charge in [-0.25, -0.2) is 0 Å². The first-order chi connectivity index (χ1) is 17.1. The minimum Gasteiger partial charge on any atom is -0.508 e. The fraction of sp³-hybridized carbons (Fsp3) is 0.647. The molecule has 10 rings (SSSR count). The van der Waals surface area contributed by atoms with Gasteiger partial charge in [0, 0.05) is 0 Å². The molecule has 0 saturated heterocycles. The second-order valence-electron chi connectivity index (χ2n) is 15.2. The molecule has 8 saturated carbocycles. The summed E-state index contributed by atoms with van der Waals surface area (Å²) in [5, 5.41) is 19.5. The molecule has 2 aromatic rings. The maximum absolute atomic E-state index is 9.77. The second kappa shape index (κ2) is 7.78. The summed E-state index contributed by atoms with van der Waals surface area (Å²) < 4.78 is 0. The smallest absolute Gasteiger partial charge is 0.115 e. The third-order valence-corrected chi connectivity index (χ3v) is 11.6. The summed E-state index contributed by atoms with van der Waals surface area (Å²) in [6.45, 7) is 4.99. The Balaban J connectivity index is 0.000000182. The first-order valence-corrected chi connectivity index (χ1v) is 14.7. The SMILES string of the molecule is C1C2CC3CC1CC(C2)C3.CC12CC3(C)CC(c4ccc(O)cc4)(C1)CC(c1ccc(O)cc1)(C2)C3. The zero-order valence-corrected chi connectivity index (χ0v) is 22.3. The van der Waals surface area contributed by atoms with Crippen molar-refractivity contribution in [3.8, 4) is 11.5 Å². The van der Waals surface area contributed by atoms with Crippen LogP contribution in [-0.2, 0) is 10.8 Å². The predicted octanol–water partition coefficient (Wildman–Crippen LogP) is 8.50. The van der Waals surface area contributed by atoms with Gasteiger partial charge in [0.05, 0.1) is 0 Å². The Labute approximate surface area is 217 Å². The maximum Gasteiger partial charge on any atom is 0.115 e. The van der Waals surface area contributed by atoms with Crippen molar-refractivity contribution in [2.24, 2.45) is 34.5 Å². The van der Waals surface area contributed by atoms with Crippen LogP contribution in [0.1, 0.15) is 102 Å². The topological polar surface area (TPSA) is 40.5 Å². The number of benzene rings is 2. The van der Waals surface area contributed by atoms with Crippen molar-refractivity contribution in [3.05, 3.63) is 59.7 Å². The van der Waals surface area contributed by atoms with E-state index in [0.717, 1.165) is 0 Å². The average molecular weight is 485 g/mol. The zero-order valence-electron chi connectivity index (χ0n) is 22.3. The van der Waals surface area contributed by atoms with E-state index in [0.29, 0.717) is 22.3 Å². The largest absolute Gasteiger partial charge is 0.508 e. The van der Waals surface area contributed by atoms with Gasteiger partial charge >= 0.3 is 0 Å². The Morgan fingerprint density at radius 1 is 0.472 bits per heavy atom. The van der Waals surface area contributed by atoms with Crippen LogP contribution in [0, 0.1) is 34.5 Å². The normalized spacial score (nSPS) is 45.4. The molecule has 2 nitrogen and oxygen atoms in total. The van der Waals surface area contributed by atoms with E-state index in [1.807, 2.05) is 24.3 Å². The number of hydrogen-bond donors (Lipinski definition) is 2. The van der Waals surface area contributed by atoms with E-state index < -0.39 is 0 Å². The minimum atomic E-state index is 0.198. The van der Waals surface area contributed by atoms with Crippen molar-refractivity contribution in [1.29, 1.82) is 0 Å². The van der Waals surface area contributed by atoms with Crippen LogP contribution in [0.4, 0.5) is 0 Å². The van der Waals surface area contributed by atoms with Crippen molar-refractivity contribution in [1.82, 2.24) is 0 Å². The molecule has 0 radical (unpaired) electrons.